The van der Waals surface area contributed by atoms with Crippen LogP contribution in [0.1, 0.15) is 0 Å². The Hall–Kier alpha value is -1.04. The summed E-state index contributed by atoms with van der Waals surface area (Å²) >= 11 is 2.24. The van der Waals surface area contributed by atoms with Gasteiger partial charge in [0.1, 0.15) is 11.5 Å². The molecule has 15 heavy (non-hydrogen) atoms. The summed E-state index contributed by atoms with van der Waals surface area (Å²) in [5.41, 5.74) is 0. The first-order valence-corrected chi connectivity index (χ1v) is 5.50. The predicted molar refractivity (Wildman–Crippen MR) is 67.6 cm³/mol. The molecule has 0 radical (unpaired) electrons. The highest BCUT2D eigenvalue weighted by atomic mass is 127. The summed E-state index contributed by atoms with van der Waals surface area (Å²) in [4.78, 5) is 4.15. The van der Waals surface area contributed by atoms with Crippen LogP contribution in [0.15, 0.2) is 24.5 Å². The molecule has 0 unspecified atom stereocenters. The maximum absolute atomic E-state index is 5.32. The quantitative estimate of drug-likeness (QED) is 0.799. The Labute approximate surface area is 102 Å². The number of halogens is 1. The zero-order chi connectivity index (χ0) is 10.8. The molecule has 1 heterocycles. The average Bonchev–Trinajstić information content (AvgIpc) is 2.28. The molecule has 2 aromatic rings. The number of rotatable bonds is 2. The Kier molecular flexibility index (Phi) is 2.95. The van der Waals surface area contributed by atoms with E-state index in [9.17, 15) is 0 Å². The van der Waals surface area contributed by atoms with E-state index < -0.39 is 0 Å². The second-order valence-electron chi connectivity index (χ2n) is 3.01. The van der Waals surface area contributed by atoms with Gasteiger partial charge in [-0.1, -0.05) is 0 Å². The van der Waals surface area contributed by atoms with E-state index in [0.717, 1.165) is 25.8 Å². The Bertz CT molecular complexity index is 499. The third-order valence-electron chi connectivity index (χ3n) is 2.24. The first kappa shape index (κ1) is 10.5. The van der Waals surface area contributed by atoms with Gasteiger partial charge in [0.05, 0.1) is 14.2 Å². The molecule has 0 bridgehead atoms. The van der Waals surface area contributed by atoms with Crippen molar-refractivity contribution in [2.24, 2.45) is 0 Å². The molecule has 0 aliphatic heterocycles. The van der Waals surface area contributed by atoms with Gasteiger partial charge in [0.15, 0.2) is 0 Å². The van der Waals surface area contributed by atoms with E-state index in [4.69, 9.17) is 9.47 Å². The Morgan fingerprint density at radius 1 is 1.07 bits per heavy atom. The topological polar surface area (TPSA) is 31.4 Å². The number of pyridine rings is 1. The van der Waals surface area contributed by atoms with Crippen molar-refractivity contribution in [1.29, 1.82) is 0 Å². The number of nitrogens with zero attached hydrogens (tertiary/aromatic N) is 1. The SMILES string of the molecule is COc1ccc(OC)c2c(I)cncc12. The van der Waals surface area contributed by atoms with E-state index in [1.165, 1.54) is 0 Å². The third kappa shape index (κ3) is 1.73. The highest BCUT2D eigenvalue weighted by Gasteiger charge is 2.09. The van der Waals surface area contributed by atoms with E-state index in [1.54, 1.807) is 20.4 Å². The fourth-order valence-electron chi connectivity index (χ4n) is 1.54. The van der Waals surface area contributed by atoms with Crippen LogP contribution < -0.4 is 9.47 Å². The summed E-state index contributed by atoms with van der Waals surface area (Å²) < 4.78 is 11.7. The summed E-state index contributed by atoms with van der Waals surface area (Å²) in [5, 5.41) is 2.02. The van der Waals surface area contributed by atoms with Crippen LogP contribution in [0.4, 0.5) is 0 Å². The maximum Gasteiger partial charge on any atom is 0.128 e. The van der Waals surface area contributed by atoms with Crippen molar-refractivity contribution in [2.75, 3.05) is 14.2 Å². The van der Waals surface area contributed by atoms with Crippen LogP contribution in [0.3, 0.4) is 0 Å². The van der Waals surface area contributed by atoms with Crippen LogP contribution in [0.25, 0.3) is 10.8 Å². The number of hydrogen-bond acceptors (Lipinski definition) is 3. The summed E-state index contributed by atoms with van der Waals surface area (Å²) in [6, 6.07) is 3.79. The van der Waals surface area contributed by atoms with Gasteiger partial charge in [-0.25, -0.2) is 0 Å². The van der Waals surface area contributed by atoms with Crippen LogP contribution >= 0.6 is 22.6 Å². The van der Waals surface area contributed by atoms with E-state index in [1.807, 2.05) is 18.3 Å². The summed E-state index contributed by atoms with van der Waals surface area (Å²) in [5.74, 6) is 1.66. The molecule has 2 rings (SSSR count). The fraction of sp³-hybridized carbons (Fsp3) is 0.182. The number of ether oxygens (including phenoxy) is 2. The zero-order valence-electron chi connectivity index (χ0n) is 8.45. The monoisotopic (exact) mass is 315 g/mol. The number of hydrogen-bond donors (Lipinski definition) is 0. The Morgan fingerprint density at radius 3 is 2.40 bits per heavy atom. The molecule has 4 heteroatoms. The van der Waals surface area contributed by atoms with Gasteiger partial charge in [0.25, 0.3) is 0 Å². The first-order valence-electron chi connectivity index (χ1n) is 4.42. The normalized spacial score (nSPS) is 10.3. The van der Waals surface area contributed by atoms with E-state index >= 15 is 0 Å². The van der Waals surface area contributed by atoms with Gasteiger partial charge in [-0.05, 0) is 34.7 Å². The lowest BCUT2D eigenvalue weighted by Gasteiger charge is -2.10. The lowest BCUT2D eigenvalue weighted by Crippen LogP contribution is -1.92. The average molecular weight is 315 g/mol. The minimum atomic E-state index is 0.816. The Balaban J connectivity index is 2.86. The fourth-order valence-corrected chi connectivity index (χ4v) is 2.26. The van der Waals surface area contributed by atoms with E-state index in [-0.39, 0.29) is 0 Å². The molecule has 78 valence electrons. The molecule has 1 aromatic carbocycles. The van der Waals surface area contributed by atoms with Crippen LogP contribution in [0.5, 0.6) is 11.5 Å². The highest BCUT2D eigenvalue weighted by Crippen LogP contribution is 2.34. The Morgan fingerprint density at radius 2 is 1.73 bits per heavy atom. The van der Waals surface area contributed by atoms with Crippen molar-refractivity contribution in [3.63, 3.8) is 0 Å². The largest absolute Gasteiger partial charge is 0.496 e. The molecular formula is C11H10INO2. The molecule has 0 saturated heterocycles. The van der Waals surface area contributed by atoms with E-state index in [2.05, 4.69) is 27.6 Å². The molecule has 1 aromatic heterocycles. The van der Waals surface area contributed by atoms with Gasteiger partial charge >= 0.3 is 0 Å². The summed E-state index contributed by atoms with van der Waals surface area (Å²) in [7, 11) is 3.32. The van der Waals surface area contributed by atoms with Crippen LogP contribution in [0, 0.1) is 3.57 Å². The highest BCUT2D eigenvalue weighted by molar-refractivity contribution is 14.1. The number of fused-ring (bicyclic) bond motifs is 1. The molecule has 0 N–H and O–H groups in total. The molecule has 0 atom stereocenters. The van der Waals surface area contributed by atoms with Crippen molar-refractivity contribution >= 4 is 33.4 Å². The molecule has 0 fully saturated rings. The number of methoxy groups -OCH3 is 2. The molecule has 0 spiro atoms. The van der Waals surface area contributed by atoms with Crippen LogP contribution in [-0.4, -0.2) is 19.2 Å². The van der Waals surface area contributed by atoms with Crippen molar-refractivity contribution < 1.29 is 9.47 Å². The molecule has 0 amide bonds. The third-order valence-corrected chi connectivity index (χ3v) is 3.06. The summed E-state index contributed by atoms with van der Waals surface area (Å²) in [6.07, 6.45) is 3.60. The predicted octanol–water partition coefficient (Wildman–Crippen LogP) is 2.86. The van der Waals surface area contributed by atoms with Gasteiger partial charge in [-0.3, -0.25) is 4.98 Å². The summed E-state index contributed by atoms with van der Waals surface area (Å²) in [6.45, 7) is 0. The van der Waals surface area contributed by atoms with Gasteiger partial charge in [0.2, 0.25) is 0 Å². The van der Waals surface area contributed by atoms with Gasteiger partial charge < -0.3 is 9.47 Å². The molecule has 0 saturated carbocycles. The van der Waals surface area contributed by atoms with Crippen molar-refractivity contribution in [1.82, 2.24) is 4.98 Å². The van der Waals surface area contributed by atoms with Crippen LogP contribution in [0.2, 0.25) is 0 Å². The van der Waals surface area contributed by atoms with Crippen molar-refractivity contribution in [3.8, 4) is 11.5 Å². The zero-order valence-corrected chi connectivity index (χ0v) is 10.6. The second kappa shape index (κ2) is 4.22. The second-order valence-corrected chi connectivity index (χ2v) is 4.18. The molecule has 0 aliphatic carbocycles. The lowest BCUT2D eigenvalue weighted by atomic mass is 10.1. The van der Waals surface area contributed by atoms with Gasteiger partial charge in [-0.15, -0.1) is 0 Å². The standard InChI is InChI=1S/C11H10INO2/c1-14-9-3-4-10(15-2)11-7(9)5-13-6-8(11)12/h3-6H,1-2H3. The van der Waals surface area contributed by atoms with E-state index in [0.29, 0.717) is 0 Å². The van der Waals surface area contributed by atoms with Gasteiger partial charge in [0, 0.05) is 26.7 Å². The minimum Gasteiger partial charge on any atom is -0.496 e. The van der Waals surface area contributed by atoms with Crippen LogP contribution in [-0.2, 0) is 0 Å². The first-order chi connectivity index (χ1) is 7.27. The number of aromatic nitrogens is 1. The molecule has 0 aliphatic rings. The molecule has 3 nitrogen and oxygen atoms in total. The number of benzene rings is 1. The van der Waals surface area contributed by atoms with Gasteiger partial charge in [-0.2, -0.15) is 0 Å². The smallest absolute Gasteiger partial charge is 0.128 e. The van der Waals surface area contributed by atoms with Crippen molar-refractivity contribution in [2.45, 2.75) is 0 Å². The maximum atomic E-state index is 5.32. The lowest BCUT2D eigenvalue weighted by molar-refractivity contribution is 0.410. The minimum absolute atomic E-state index is 0.816. The molecular weight excluding hydrogens is 305 g/mol. The van der Waals surface area contributed by atoms with Crippen molar-refractivity contribution in [3.05, 3.63) is 28.1 Å².